The Kier molecular flexibility index (Phi) is 5.94. The average Bonchev–Trinajstić information content (AvgIpc) is 2.72. The lowest BCUT2D eigenvalue weighted by Crippen LogP contribution is -2.37. The van der Waals surface area contributed by atoms with Gasteiger partial charge in [0.05, 0.1) is 41.2 Å². The molecule has 0 fully saturated rings. The Morgan fingerprint density at radius 2 is 1.33 bits per heavy atom. The van der Waals surface area contributed by atoms with Crippen molar-refractivity contribution in [3.63, 3.8) is 0 Å². The first-order chi connectivity index (χ1) is 14.2. The van der Waals surface area contributed by atoms with Crippen molar-refractivity contribution < 1.29 is 33.9 Å². The Labute approximate surface area is 177 Å². The lowest BCUT2D eigenvalue weighted by atomic mass is 9.75. The van der Waals surface area contributed by atoms with Gasteiger partial charge in [0.1, 0.15) is 0 Å². The first kappa shape index (κ1) is 21.9. The molecule has 0 saturated carbocycles. The standard InChI is InChI=1S/C23H30O7/c1-12-8-13-9-16(27-4)20(28-5)22(30-7)17(13)18-14(11-23(12,2)25)10-15(26-3)19(24)21(18)29-6/h9-10,12,24-25H,8,11H2,1-7H3/t12-,23-/m0/s1. The van der Waals surface area contributed by atoms with Gasteiger partial charge in [-0.25, -0.2) is 0 Å². The molecule has 0 bridgehead atoms. The van der Waals surface area contributed by atoms with E-state index in [0.29, 0.717) is 35.7 Å². The minimum absolute atomic E-state index is 0.0713. The molecule has 0 heterocycles. The third-order valence-electron chi connectivity index (χ3n) is 6.02. The van der Waals surface area contributed by atoms with Crippen molar-refractivity contribution in [1.82, 2.24) is 0 Å². The maximum Gasteiger partial charge on any atom is 0.203 e. The third-order valence-corrected chi connectivity index (χ3v) is 6.02. The van der Waals surface area contributed by atoms with Gasteiger partial charge < -0.3 is 33.9 Å². The van der Waals surface area contributed by atoms with Gasteiger partial charge in [0.25, 0.3) is 0 Å². The highest BCUT2D eigenvalue weighted by molar-refractivity contribution is 5.88. The average molecular weight is 418 g/mol. The van der Waals surface area contributed by atoms with Gasteiger partial charge in [-0.1, -0.05) is 6.92 Å². The van der Waals surface area contributed by atoms with Gasteiger partial charge in [-0.2, -0.15) is 0 Å². The highest BCUT2D eigenvalue weighted by Gasteiger charge is 2.37. The summed E-state index contributed by atoms with van der Waals surface area (Å²) < 4.78 is 27.9. The molecule has 2 N–H and O–H groups in total. The van der Waals surface area contributed by atoms with E-state index in [4.69, 9.17) is 23.7 Å². The van der Waals surface area contributed by atoms with Gasteiger partial charge in [-0.05, 0) is 42.5 Å². The second-order valence-electron chi connectivity index (χ2n) is 7.81. The van der Waals surface area contributed by atoms with E-state index in [9.17, 15) is 10.2 Å². The second kappa shape index (κ2) is 8.14. The summed E-state index contributed by atoms with van der Waals surface area (Å²) in [5.74, 6) is 1.79. The molecular weight excluding hydrogens is 388 g/mol. The van der Waals surface area contributed by atoms with E-state index in [1.807, 2.05) is 19.9 Å². The highest BCUT2D eigenvalue weighted by Crippen LogP contribution is 2.55. The molecule has 0 spiro atoms. The molecule has 0 amide bonds. The van der Waals surface area contributed by atoms with Crippen molar-refractivity contribution in [1.29, 1.82) is 0 Å². The predicted molar refractivity (Wildman–Crippen MR) is 113 cm³/mol. The zero-order valence-electron chi connectivity index (χ0n) is 18.6. The molecular formula is C23H30O7. The lowest BCUT2D eigenvalue weighted by Gasteiger charge is -2.35. The van der Waals surface area contributed by atoms with Crippen molar-refractivity contribution >= 4 is 0 Å². The van der Waals surface area contributed by atoms with Crippen molar-refractivity contribution in [2.24, 2.45) is 5.92 Å². The van der Waals surface area contributed by atoms with Gasteiger partial charge >= 0.3 is 0 Å². The monoisotopic (exact) mass is 418 g/mol. The number of hydrogen-bond donors (Lipinski definition) is 2. The number of benzene rings is 2. The SMILES string of the molecule is COc1cc2c(c(OC)c1O)-c1c(cc(OC)c(OC)c1OC)C[C@H](C)[C@@](C)(O)C2. The molecule has 2 aromatic rings. The lowest BCUT2D eigenvalue weighted by molar-refractivity contribution is 0.00628. The summed E-state index contributed by atoms with van der Waals surface area (Å²) in [5.41, 5.74) is 2.03. The first-order valence-corrected chi connectivity index (χ1v) is 9.75. The van der Waals surface area contributed by atoms with Crippen LogP contribution in [0.1, 0.15) is 25.0 Å². The number of aliphatic hydroxyl groups is 1. The van der Waals surface area contributed by atoms with Gasteiger partial charge in [-0.3, -0.25) is 0 Å². The van der Waals surface area contributed by atoms with Crippen LogP contribution < -0.4 is 23.7 Å². The maximum atomic E-state index is 11.2. The predicted octanol–water partition coefficient (Wildman–Crippen LogP) is 3.59. The Morgan fingerprint density at radius 1 is 0.800 bits per heavy atom. The van der Waals surface area contributed by atoms with Crippen molar-refractivity contribution in [3.05, 3.63) is 23.3 Å². The zero-order valence-corrected chi connectivity index (χ0v) is 18.6. The summed E-state index contributed by atoms with van der Waals surface area (Å²) in [5, 5.41) is 22.0. The molecule has 2 aromatic carbocycles. The molecule has 1 aliphatic rings. The number of phenolic OH excluding ortho intramolecular Hbond substituents is 1. The van der Waals surface area contributed by atoms with E-state index in [-0.39, 0.29) is 23.2 Å². The van der Waals surface area contributed by atoms with Crippen molar-refractivity contribution in [2.45, 2.75) is 32.3 Å². The van der Waals surface area contributed by atoms with Crippen LogP contribution in [0, 0.1) is 5.92 Å². The Hall–Kier alpha value is -2.80. The first-order valence-electron chi connectivity index (χ1n) is 9.75. The van der Waals surface area contributed by atoms with Crippen LogP contribution in [0.15, 0.2) is 12.1 Å². The molecule has 7 nitrogen and oxygen atoms in total. The second-order valence-corrected chi connectivity index (χ2v) is 7.81. The summed E-state index contributed by atoms with van der Waals surface area (Å²) in [6.45, 7) is 3.82. The minimum atomic E-state index is -1.00. The van der Waals surface area contributed by atoms with Gasteiger partial charge in [0.15, 0.2) is 23.0 Å². The fraction of sp³-hybridized carbons (Fsp3) is 0.478. The largest absolute Gasteiger partial charge is 0.502 e. The topological polar surface area (TPSA) is 86.6 Å². The van der Waals surface area contributed by atoms with E-state index in [0.717, 1.165) is 16.7 Å². The fourth-order valence-corrected chi connectivity index (χ4v) is 4.19. The molecule has 7 heteroatoms. The van der Waals surface area contributed by atoms with E-state index in [1.54, 1.807) is 27.4 Å². The van der Waals surface area contributed by atoms with Crippen LogP contribution in [0.3, 0.4) is 0 Å². The number of aromatic hydroxyl groups is 1. The van der Waals surface area contributed by atoms with E-state index >= 15 is 0 Å². The molecule has 0 saturated heterocycles. The van der Waals surface area contributed by atoms with E-state index in [2.05, 4.69) is 0 Å². The summed E-state index contributed by atoms with van der Waals surface area (Å²) >= 11 is 0. The molecule has 0 aromatic heterocycles. The van der Waals surface area contributed by atoms with Crippen molar-refractivity contribution in [3.8, 4) is 45.6 Å². The molecule has 0 aliphatic heterocycles. The van der Waals surface area contributed by atoms with E-state index < -0.39 is 5.60 Å². The van der Waals surface area contributed by atoms with Crippen molar-refractivity contribution in [2.75, 3.05) is 35.5 Å². The third kappa shape index (κ3) is 3.37. The molecule has 0 radical (unpaired) electrons. The molecule has 0 unspecified atom stereocenters. The molecule has 3 rings (SSSR count). The maximum absolute atomic E-state index is 11.2. The number of fused-ring (bicyclic) bond motifs is 3. The van der Waals surface area contributed by atoms with Crippen LogP contribution in [-0.2, 0) is 12.8 Å². The van der Waals surface area contributed by atoms with Gasteiger partial charge in [-0.15, -0.1) is 0 Å². The Balaban J connectivity index is 2.52. The molecule has 2 atom stereocenters. The van der Waals surface area contributed by atoms with Crippen LogP contribution in [0.2, 0.25) is 0 Å². The summed E-state index contributed by atoms with van der Waals surface area (Å²) in [4.78, 5) is 0. The van der Waals surface area contributed by atoms with Crippen LogP contribution in [-0.4, -0.2) is 51.4 Å². The number of rotatable bonds is 5. The summed E-state index contributed by atoms with van der Waals surface area (Å²) in [6.07, 6.45) is 0.905. The zero-order chi connectivity index (χ0) is 22.2. The van der Waals surface area contributed by atoms with E-state index in [1.165, 1.54) is 14.2 Å². The molecule has 164 valence electrons. The summed E-state index contributed by atoms with van der Waals surface area (Å²) in [7, 11) is 7.64. The number of methoxy groups -OCH3 is 5. The quantitative estimate of drug-likeness (QED) is 0.767. The van der Waals surface area contributed by atoms with Crippen LogP contribution >= 0.6 is 0 Å². The van der Waals surface area contributed by atoms with Crippen LogP contribution in [0.25, 0.3) is 11.1 Å². The minimum Gasteiger partial charge on any atom is -0.502 e. The highest BCUT2D eigenvalue weighted by atomic mass is 16.5. The number of ether oxygens (including phenoxy) is 5. The summed E-state index contributed by atoms with van der Waals surface area (Å²) in [6, 6.07) is 3.62. The fourth-order valence-electron chi connectivity index (χ4n) is 4.19. The molecule has 1 aliphatic carbocycles. The Bertz CT molecular complexity index is 950. The molecule has 30 heavy (non-hydrogen) atoms. The number of phenols is 1. The normalized spacial score (nSPS) is 20.3. The van der Waals surface area contributed by atoms with Gasteiger partial charge in [0, 0.05) is 17.5 Å². The Morgan fingerprint density at radius 3 is 1.87 bits per heavy atom. The van der Waals surface area contributed by atoms with Gasteiger partial charge in [0.2, 0.25) is 11.5 Å². The smallest absolute Gasteiger partial charge is 0.203 e. The van der Waals surface area contributed by atoms with Crippen LogP contribution in [0.4, 0.5) is 0 Å². The van der Waals surface area contributed by atoms with Crippen LogP contribution in [0.5, 0.6) is 34.5 Å². The number of hydrogen-bond acceptors (Lipinski definition) is 7.